The third-order valence-electron chi connectivity index (χ3n) is 2.39. The third kappa shape index (κ3) is 2.37. The number of thiazole rings is 1. The molecule has 0 aliphatic rings. The van der Waals surface area contributed by atoms with Crippen LogP contribution in [-0.2, 0) is 6.54 Å². The highest BCUT2D eigenvalue weighted by Crippen LogP contribution is 2.12. The molecular weight excluding hydrogens is 210 g/mol. The van der Waals surface area contributed by atoms with E-state index in [9.17, 15) is 0 Å². The third-order valence-corrected chi connectivity index (χ3v) is 3.16. The standard InChI is InChI=1S/C10H15N3OS/c1-2-12(3-5-14)7-9-8-13-4-6-15-10(13)11-9/h4,6,8,14H,2-3,5,7H2,1H3. The molecule has 0 saturated heterocycles. The molecule has 15 heavy (non-hydrogen) atoms. The summed E-state index contributed by atoms with van der Waals surface area (Å²) in [7, 11) is 0. The smallest absolute Gasteiger partial charge is 0.193 e. The fourth-order valence-corrected chi connectivity index (χ4v) is 2.29. The van der Waals surface area contributed by atoms with Crippen molar-refractivity contribution in [2.45, 2.75) is 13.5 Å². The van der Waals surface area contributed by atoms with E-state index in [-0.39, 0.29) is 6.61 Å². The van der Waals surface area contributed by atoms with Crippen LogP contribution in [-0.4, -0.2) is 39.1 Å². The van der Waals surface area contributed by atoms with Crippen LogP contribution in [0.25, 0.3) is 4.96 Å². The van der Waals surface area contributed by atoms with Crippen molar-refractivity contribution in [3.8, 4) is 0 Å². The molecule has 82 valence electrons. The molecule has 0 spiro atoms. The van der Waals surface area contributed by atoms with Crippen LogP contribution in [0, 0.1) is 0 Å². The summed E-state index contributed by atoms with van der Waals surface area (Å²) in [5.74, 6) is 0. The molecule has 4 nitrogen and oxygen atoms in total. The van der Waals surface area contributed by atoms with E-state index in [4.69, 9.17) is 5.11 Å². The number of imidazole rings is 1. The van der Waals surface area contributed by atoms with Gasteiger partial charge in [0, 0.05) is 30.9 Å². The monoisotopic (exact) mass is 225 g/mol. The second-order valence-corrected chi connectivity index (χ2v) is 4.29. The highest BCUT2D eigenvalue weighted by molar-refractivity contribution is 7.15. The van der Waals surface area contributed by atoms with Crippen LogP contribution in [0.5, 0.6) is 0 Å². The first kappa shape index (κ1) is 10.6. The van der Waals surface area contributed by atoms with Crippen molar-refractivity contribution in [3.63, 3.8) is 0 Å². The van der Waals surface area contributed by atoms with E-state index in [2.05, 4.69) is 16.8 Å². The highest BCUT2D eigenvalue weighted by Gasteiger charge is 2.07. The van der Waals surface area contributed by atoms with E-state index in [1.54, 1.807) is 11.3 Å². The zero-order chi connectivity index (χ0) is 10.7. The molecule has 2 heterocycles. The minimum atomic E-state index is 0.204. The lowest BCUT2D eigenvalue weighted by atomic mass is 10.4. The maximum atomic E-state index is 8.88. The lowest BCUT2D eigenvalue weighted by molar-refractivity contribution is 0.195. The summed E-state index contributed by atoms with van der Waals surface area (Å²) in [6, 6.07) is 0. The Morgan fingerprint density at radius 3 is 3.13 bits per heavy atom. The predicted molar refractivity (Wildman–Crippen MR) is 61.1 cm³/mol. The summed E-state index contributed by atoms with van der Waals surface area (Å²) < 4.78 is 2.03. The molecular formula is C10H15N3OS. The number of aliphatic hydroxyl groups excluding tert-OH is 1. The van der Waals surface area contributed by atoms with Gasteiger partial charge >= 0.3 is 0 Å². The Kier molecular flexibility index (Phi) is 3.35. The van der Waals surface area contributed by atoms with Gasteiger partial charge in [0.1, 0.15) is 0 Å². The molecule has 0 aromatic carbocycles. The van der Waals surface area contributed by atoms with Gasteiger partial charge in [0.05, 0.1) is 12.3 Å². The number of nitrogens with zero attached hydrogens (tertiary/aromatic N) is 3. The molecule has 0 radical (unpaired) electrons. The topological polar surface area (TPSA) is 40.8 Å². The fraction of sp³-hybridized carbons (Fsp3) is 0.500. The van der Waals surface area contributed by atoms with Gasteiger partial charge in [0.25, 0.3) is 0 Å². The van der Waals surface area contributed by atoms with Crippen LogP contribution in [0.2, 0.25) is 0 Å². The van der Waals surface area contributed by atoms with Crippen molar-refractivity contribution in [3.05, 3.63) is 23.5 Å². The van der Waals surface area contributed by atoms with Gasteiger partial charge in [0.15, 0.2) is 4.96 Å². The van der Waals surface area contributed by atoms with E-state index in [0.29, 0.717) is 6.54 Å². The summed E-state index contributed by atoms with van der Waals surface area (Å²) in [4.78, 5) is 7.71. The average Bonchev–Trinajstić information content (AvgIpc) is 2.77. The lowest BCUT2D eigenvalue weighted by Gasteiger charge is -2.17. The molecule has 5 heteroatoms. The number of fused-ring (bicyclic) bond motifs is 1. The van der Waals surface area contributed by atoms with E-state index in [1.165, 1.54) is 0 Å². The highest BCUT2D eigenvalue weighted by atomic mass is 32.1. The predicted octanol–water partition coefficient (Wildman–Crippen LogP) is 1.21. The molecule has 0 amide bonds. The number of likely N-dealkylation sites (N-methyl/N-ethyl adjacent to an activating group) is 1. The van der Waals surface area contributed by atoms with Gasteiger partial charge < -0.3 is 5.11 Å². The molecule has 0 aliphatic carbocycles. The van der Waals surface area contributed by atoms with Crippen molar-refractivity contribution in [1.82, 2.24) is 14.3 Å². The molecule has 2 rings (SSSR count). The van der Waals surface area contributed by atoms with Gasteiger partial charge in [-0.15, -0.1) is 11.3 Å². The van der Waals surface area contributed by atoms with E-state index < -0.39 is 0 Å². The van der Waals surface area contributed by atoms with Crippen molar-refractivity contribution < 1.29 is 5.11 Å². The van der Waals surface area contributed by atoms with Crippen LogP contribution in [0.1, 0.15) is 12.6 Å². The lowest BCUT2D eigenvalue weighted by Crippen LogP contribution is -2.26. The molecule has 2 aromatic rings. The Morgan fingerprint density at radius 1 is 1.60 bits per heavy atom. The molecule has 2 aromatic heterocycles. The van der Waals surface area contributed by atoms with E-state index in [1.807, 2.05) is 22.2 Å². The Labute approximate surface area is 92.8 Å². The first-order valence-electron chi connectivity index (χ1n) is 5.07. The van der Waals surface area contributed by atoms with E-state index in [0.717, 1.165) is 23.7 Å². The van der Waals surface area contributed by atoms with Gasteiger partial charge in [-0.2, -0.15) is 0 Å². The number of aromatic nitrogens is 2. The second-order valence-electron chi connectivity index (χ2n) is 3.42. The van der Waals surface area contributed by atoms with Crippen LogP contribution < -0.4 is 0 Å². The van der Waals surface area contributed by atoms with Crippen molar-refractivity contribution in [2.24, 2.45) is 0 Å². The number of aliphatic hydroxyl groups is 1. The van der Waals surface area contributed by atoms with E-state index >= 15 is 0 Å². The van der Waals surface area contributed by atoms with Crippen molar-refractivity contribution in [1.29, 1.82) is 0 Å². The number of rotatable bonds is 5. The van der Waals surface area contributed by atoms with Gasteiger partial charge in [-0.1, -0.05) is 6.92 Å². The minimum absolute atomic E-state index is 0.204. The maximum Gasteiger partial charge on any atom is 0.193 e. The maximum absolute atomic E-state index is 8.88. The van der Waals surface area contributed by atoms with Gasteiger partial charge in [-0.05, 0) is 6.54 Å². The number of hydrogen-bond donors (Lipinski definition) is 1. The zero-order valence-electron chi connectivity index (χ0n) is 8.76. The first-order valence-corrected chi connectivity index (χ1v) is 5.95. The summed E-state index contributed by atoms with van der Waals surface area (Å²) in [5, 5.41) is 10.9. The first-order chi connectivity index (χ1) is 7.33. The summed E-state index contributed by atoms with van der Waals surface area (Å²) in [5.41, 5.74) is 1.07. The summed E-state index contributed by atoms with van der Waals surface area (Å²) in [6.45, 7) is 4.75. The summed E-state index contributed by atoms with van der Waals surface area (Å²) >= 11 is 1.64. The molecule has 0 unspecified atom stereocenters. The zero-order valence-corrected chi connectivity index (χ0v) is 9.57. The Balaban J connectivity index is 2.07. The van der Waals surface area contributed by atoms with Crippen LogP contribution >= 0.6 is 11.3 Å². The second kappa shape index (κ2) is 4.74. The van der Waals surface area contributed by atoms with Crippen molar-refractivity contribution >= 4 is 16.3 Å². The Bertz CT molecular complexity index is 394. The van der Waals surface area contributed by atoms with Crippen molar-refractivity contribution in [2.75, 3.05) is 19.7 Å². The Morgan fingerprint density at radius 2 is 2.47 bits per heavy atom. The van der Waals surface area contributed by atoms with Gasteiger partial charge in [0.2, 0.25) is 0 Å². The number of hydrogen-bond acceptors (Lipinski definition) is 4. The molecule has 0 fully saturated rings. The molecule has 0 aliphatic heterocycles. The van der Waals surface area contributed by atoms with Crippen LogP contribution in [0.4, 0.5) is 0 Å². The fourth-order valence-electron chi connectivity index (χ4n) is 1.57. The minimum Gasteiger partial charge on any atom is -0.395 e. The van der Waals surface area contributed by atoms with Crippen LogP contribution in [0.15, 0.2) is 17.8 Å². The summed E-state index contributed by atoms with van der Waals surface area (Å²) in [6.07, 6.45) is 4.06. The molecule has 1 N–H and O–H groups in total. The molecule has 0 bridgehead atoms. The molecule has 0 saturated carbocycles. The largest absolute Gasteiger partial charge is 0.395 e. The molecule has 0 atom stereocenters. The normalized spacial score (nSPS) is 11.7. The van der Waals surface area contributed by atoms with Gasteiger partial charge in [-0.25, -0.2) is 4.98 Å². The van der Waals surface area contributed by atoms with Crippen LogP contribution in [0.3, 0.4) is 0 Å². The van der Waals surface area contributed by atoms with Gasteiger partial charge in [-0.3, -0.25) is 9.30 Å². The quantitative estimate of drug-likeness (QED) is 0.831. The SMILES string of the molecule is CCN(CCO)Cc1cn2ccsc2n1. The Hall–Kier alpha value is -0.910. The average molecular weight is 225 g/mol.